The Morgan fingerprint density at radius 2 is 2.04 bits per heavy atom. The zero-order chi connectivity index (χ0) is 17.1. The molecule has 0 aliphatic heterocycles. The minimum Gasteiger partial charge on any atom is -0.475 e. The number of amides is 1. The summed E-state index contributed by atoms with van der Waals surface area (Å²) in [5.74, 6) is -0.682. The third kappa shape index (κ3) is 2.77. The van der Waals surface area contributed by atoms with Crippen LogP contribution in [0.15, 0.2) is 48.7 Å². The van der Waals surface area contributed by atoms with E-state index in [1.54, 1.807) is 53.1 Å². The number of nitrogens with zero attached hydrogens (tertiary/aromatic N) is 3. The number of imidazole rings is 1. The maximum atomic E-state index is 12.7. The van der Waals surface area contributed by atoms with E-state index in [4.69, 9.17) is 16.9 Å². The topological polar surface area (TPSA) is 81.4 Å². The fraction of sp³-hybridized carbons (Fsp3) is 0.118. The number of nitriles is 1. The second-order valence-electron chi connectivity index (χ2n) is 5.09. The summed E-state index contributed by atoms with van der Waals surface area (Å²) in [6.07, 6.45) is 1.90. The number of para-hydroxylation sites is 1. The fourth-order valence-corrected chi connectivity index (χ4v) is 2.71. The summed E-state index contributed by atoms with van der Waals surface area (Å²) in [6, 6.07) is 14.2. The number of aryl methyl sites for hydroxylation is 1. The number of pyridine rings is 1. The van der Waals surface area contributed by atoms with E-state index < -0.39 is 5.91 Å². The molecule has 2 aromatic heterocycles. The van der Waals surface area contributed by atoms with Gasteiger partial charge in [0.15, 0.2) is 0 Å². The highest BCUT2D eigenvalue weighted by Crippen LogP contribution is 2.23. The number of fused-ring (bicyclic) bond motifs is 1. The SMILES string of the molecule is N#CCC[n+]1c(O)c(C(=O)Nc2ccccc2Cl)n2ccccc21. The number of aromatic hydroxyl groups is 1. The lowest BCUT2D eigenvalue weighted by Crippen LogP contribution is -2.33. The zero-order valence-corrected chi connectivity index (χ0v) is 13.4. The van der Waals surface area contributed by atoms with E-state index in [9.17, 15) is 9.90 Å². The van der Waals surface area contributed by atoms with Crippen molar-refractivity contribution in [2.75, 3.05) is 5.32 Å². The molecule has 2 N–H and O–H groups in total. The maximum absolute atomic E-state index is 12.7. The molecule has 3 aromatic rings. The standard InChI is InChI=1S/C17H13ClN4O2/c18-12-6-1-2-7-13(12)20-16(23)15-17(24)22(11-5-9-19)14-8-3-4-10-21(14)15/h1-4,6-8,10H,5,11H2,(H-,20,23,24)/p+1. The van der Waals surface area contributed by atoms with Crippen LogP contribution in [0, 0.1) is 11.3 Å². The van der Waals surface area contributed by atoms with Crippen molar-refractivity contribution in [2.45, 2.75) is 13.0 Å². The number of halogens is 1. The summed E-state index contributed by atoms with van der Waals surface area (Å²) in [5, 5.41) is 22.4. The first kappa shape index (κ1) is 15.8. The first-order valence-corrected chi connectivity index (χ1v) is 7.66. The molecule has 1 aromatic carbocycles. The van der Waals surface area contributed by atoms with Crippen molar-refractivity contribution in [3.05, 3.63) is 59.4 Å². The van der Waals surface area contributed by atoms with Crippen LogP contribution in [-0.4, -0.2) is 15.4 Å². The quantitative estimate of drug-likeness (QED) is 0.716. The van der Waals surface area contributed by atoms with E-state index in [0.717, 1.165) is 0 Å². The Kier molecular flexibility index (Phi) is 4.36. The molecule has 0 saturated carbocycles. The molecule has 7 heteroatoms. The Balaban J connectivity index is 2.06. The normalized spacial score (nSPS) is 10.5. The highest BCUT2D eigenvalue weighted by atomic mass is 35.5. The van der Waals surface area contributed by atoms with Gasteiger partial charge in [-0.05, 0) is 18.2 Å². The van der Waals surface area contributed by atoms with E-state index in [2.05, 4.69) is 5.32 Å². The number of carbonyl (C=O) groups is 1. The Morgan fingerprint density at radius 1 is 1.29 bits per heavy atom. The van der Waals surface area contributed by atoms with Crippen LogP contribution in [0.2, 0.25) is 5.02 Å². The molecular formula is C17H14ClN4O2+. The Labute approximate surface area is 143 Å². The van der Waals surface area contributed by atoms with Gasteiger partial charge in [0, 0.05) is 6.07 Å². The number of benzene rings is 1. The van der Waals surface area contributed by atoms with Crippen LogP contribution >= 0.6 is 11.6 Å². The molecule has 0 atom stereocenters. The molecule has 24 heavy (non-hydrogen) atoms. The van der Waals surface area contributed by atoms with Gasteiger partial charge in [0.1, 0.15) is 6.54 Å². The van der Waals surface area contributed by atoms with Crippen molar-refractivity contribution in [1.82, 2.24) is 4.40 Å². The van der Waals surface area contributed by atoms with Crippen LogP contribution in [0.5, 0.6) is 5.88 Å². The van der Waals surface area contributed by atoms with Gasteiger partial charge in [0.05, 0.1) is 29.4 Å². The first-order chi connectivity index (χ1) is 11.6. The van der Waals surface area contributed by atoms with Crippen molar-refractivity contribution in [1.29, 1.82) is 5.26 Å². The lowest BCUT2D eigenvalue weighted by molar-refractivity contribution is -0.675. The van der Waals surface area contributed by atoms with Gasteiger partial charge in [0.25, 0.3) is 11.3 Å². The molecule has 0 saturated heterocycles. The van der Waals surface area contributed by atoms with Crippen molar-refractivity contribution in [3.63, 3.8) is 0 Å². The molecule has 1 amide bonds. The van der Waals surface area contributed by atoms with Gasteiger partial charge in [-0.15, -0.1) is 0 Å². The summed E-state index contributed by atoms with van der Waals surface area (Å²) >= 11 is 6.06. The molecule has 0 bridgehead atoms. The summed E-state index contributed by atoms with van der Waals surface area (Å²) in [7, 11) is 0. The molecule has 0 fully saturated rings. The third-order valence-corrected chi connectivity index (χ3v) is 3.94. The first-order valence-electron chi connectivity index (χ1n) is 7.28. The Morgan fingerprint density at radius 3 is 2.79 bits per heavy atom. The van der Waals surface area contributed by atoms with Crippen LogP contribution < -0.4 is 9.88 Å². The number of hydrogen-bond donors (Lipinski definition) is 2. The van der Waals surface area contributed by atoms with Gasteiger partial charge in [0.2, 0.25) is 0 Å². The summed E-state index contributed by atoms with van der Waals surface area (Å²) < 4.78 is 3.11. The fourth-order valence-electron chi connectivity index (χ4n) is 2.52. The van der Waals surface area contributed by atoms with E-state index in [0.29, 0.717) is 16.4 Å². The number of hydrogen-bond acceptors (Lipinski definition) is 3. The van der Waals surface area contributed by atoms with Crippen molar-refractivity contribution < 1.29 is 14.5 Å². The van der Waals surface area contributed by atoms with Crippen LogP contribution in [-0.2, 0) is 6.54 Å². The van der Waals surface area contributed by atoms with E-state index in [1.165, 1.54) is 4.57 Å². The largest absolute Gasteiger partial charge is 0.475 e. The van der Waals surface area contributed by atoms with Gasteiger partial charge in [-0.2, -0.15) is 14.2 Å². The smallest absolute Gasteiger partial charge is 0.337 e. The predicted octanol–water partition coefficient (Wildman–Crippen LogP) is 2.75. The summed E-state index contributed by atoms with van der Waals surface area (Å²) in [4.78, 5) is 12.7. The molecule has 120 valence electrons. The number of rotatable bonds is 4. The minimum atomic E-state index is -0.488. The highest BCUT2D eigenvalue weighted by Gasteiger charge is 2.30. The van der Waals surface area contributed by atoms with Crippen molar-refractivity contribution in [2.24, 2.45) is 0 Å². The van der Waals surface area contributed by atoms with Gasteiger partial charge >= 0.3 is 11.8 Å². The van der Waals surface area contributed by atoms with Crippen LogP contribution in [0.4, 0.5) is 5.69 Å². The lowest BCUT2D eigenvalue weighted by atomic mass is 10.3. The van der Waals surface area contributed by atoms with Crippen LogP contribution in [0.1, 0.15) is 16.9 Å². The van der Waals surface area contributed by atoms with Crippen molar-refractivity contribution >= 4 is 28.8 Å². The summed E-state index contributed by atoms with van der Waals surface area (Å²) in [5.41, 5.74) is 1.16. The van der Waals surface area contributed by atoms with Gasteiger partial charge in [-0.25, -0.2) is 0 Å². The molecule has 0 aliphatic carbocycles. The predicted molar refractivity (Wildman–Crippen MR) is 88.9 cm³/mol. The number of anilines is 1. The van der Waals surface area contributed by atoms with Gasteiger partial charge in [-0.3, -0.25) is 4.79 Å². The Bertz CT molecular complexity index is 959. The monoisotopic (exact) mass is 341 g/mol. The van der Waals surface area contributed by atoms with E-state index in [-0.39, 0.29) is 24.5 Å². The number of nitrogens with one attached hydrogen (secondary N) is 1. The third-order valence-electron chi connectivity index (χ3n) is 3.61. The zero-order valence-electron chi connectivity index (χ0n) is 12.6. The molecule has 3 rings (SSSR count). The maximum Gasteiger partial charge on any atom is 0.337 e. The molecule has 0 unspecified atom stereocenters. The highest BCUT2D eigenvalue weighted by molar-refractivity contribution is 6.33. The van der Waals surface area contributed by atoms with Crippen LogP contribution in [0.3, 0.4) is 0 Å². The van der Waals surface area contributed by atoms with Gasteiger partial charge in [-0.1, -0.05) is 29.8 Å². The minimum absolute atomic E-state index is 0.0865. The Hall–Kier alpha value is -3.04. The molecule has 0 aliphatic rings. The molecular weight excluding hydrogens is 328 g/mol. The van der Waals surface area contributed by atoms with Gasteiger partial charge < -0.3 is 10.4 Å². The molecule has 2 heterocycles. The molecule has 6 nitrogen and oxygen atoms in total. The van der Waals surface area contributed by atoms with E-state index in [1.807, 2.05) is 6.07 Å². The second kappa shape index (κ2) is 6.60. The van der Waals surface area contributed by atoms with E-state index >= 15 is 0 Å². The lowest BCUT2D eigenvalue weighted by Gasteiger charge is -2.04. The number of carbonyl (C=O) groups excluding carboxylic acids is 1. The number of aromatic nitrogens is 2. The van der Waals surface area contributed by atoms with Crippen LogP contribution in [0.25, 0.3) is 5.65 Å². The second-order valence-corrected chi connectivity index (χ2v) is 5.50. The molecule has 0 radical (unpaired) electrons. The average molecular weight is 342 g/mol. The average Bonchev–Trinajstić information content (AvgIpc) is 2.86. The van der Waals surface area contributed by atoms with Crippen molar-refractivity contribution in [3.8, 4) is 11.9 Å². The summed E-state index contributed by atoms with van der Waals surface area (Å²) in [6.45, 7) is 0.287. The molecule has 0 spiro atoms.